The monoisotopic (exact) mass is 221 g/mol. The van der Waals surface area contributed by atoms with Gasteiger partial charge in [-0.25, -0.2) is 0 Å². The van der Waals surface area contributed by atoms with Gasteiger partial charge in [-0.1, -0.05) is 18.2 Å². The van der Waals surface area contributed by atoms with Gasteiger partial charge >= 0.3 is 0 Å². The van der Waals surface area contributed by atoms with E-state index in [9.17, 15) is 4.79 Å². The predicted molar refractivity (Wildman–Crippen MR) is 68.6 cm³/mol. The van der Waals surface area contributed by atoms with Crippen LogP contribution in [0, 0.1) is 0 Å². The van der Waals surface area contributed by atoms with Crippen molar-refractivity contribution in [3.63, 3.8) is 0 Å². The summed E-state index contributed by atoms with van der Waals surface area (Å²) in [7, 11) is 3.99. The summed E-state index contributed by atoms with van der Waals surface area (Å²) in [6.45, 7) is 1.93. The normalized spacial score (nSPS) is 9.50. The maximum absolute atomic E-state index is 10.1. The number of carbonyl (C=O) groups excluding carboxylic acids is 1. The molecule has 0 heterocycles. The molecule has 1 aromatic rings. The van der Waals surface area contributed by atoms with E-state index in [0.717, 1.165) is 17.5 Å². The zero-order valence-corrected chi connectivity index (χ0v) is 10.1. The summed E-state index contributed by atoms with van der Waals surface area (Å²) in [6.07, 6.45) is 4.05. The van der Waals surface area contributed by atoms with E-state index < -0.39 is 0 Å². The van der Waals surface area contributed by atoms with Crippen molar-refractivity contribution < 1.29 is 9.90 Å². The first kappa shape index (κ1) is 14.4. The molecule has 0 aliphatic carbocycles. The second kappa shape index (κ2) is 8.68. The number of rotatable bonds is 3. The Morgan fingerprint density at radius 2 is 1.75 bits per heavy atom. The van der Waals surface area contributed by atoms with E-state index in [1.54, 1.807) is 13.0 Å². The van der Waals surface area contributed by atoms with Gasteiger partial charge in [-0.2, -0.15) is 0 Å². The largest absolute Gasteiger partial charge is 0.397 e. The van der Waals surface area contributed by atoms with E-state index in [-0.39, 0.29) is 6.61 Å². The van der Waals surface area contributed by atoms with Crippen molar-refractivity contribution >= 4 is 18.0 Å². The standard InChI is InChI=1S/C11H13NO.C2H6O/c1-12(2)11-7-5-10(6-8-11)4-3-9-13;1-2-3/h3-9H,1-2H3;3H,2H2,1H3. The Kier molecular flexibility index (Phi) is 7.81. The van der Waals surface area contributed by atoms with Gasteiger partial charge in [0.05, 0.1) is 0 Å². The number of carbonyl (C=O) groups is 1. The van der Waals surface area contributed by atoms with Crippen LogP contribution in [-0.4, -0.2) is 32.1 Å². The first-order valence-corrected chi connectivity index (χ1v) is 5.15. The number of aldehydes is 1. The van der Waals surface area contributed by atoms with Gasteiger partial charge in [0.15, 0.2) is 0 Å². The van der Waals surface area contributed by atoms with Crippen molar-refractivity contribution in [2.45, 2.75) is 6.92 Å². The second-order valence-corrected chi connectivity index (χ2v) is 3.30. The summed E-state index contributed by atoms with van der Waals surface area (Å²) in [5.41, 5.74) is 2.20. The van der Waals surface area contributed by atoms with E-state index >= 15 is 0 Å². The van der Waals surface area contributed by atoms with Gasteiger partial charge in [-0.05, 0) is 30.7 Å². The van der Waals surface area contributed by atoms with Crippen LogP contribution in [0.1, 0.15) is 12.5 Å². The molecule has 0 bridgehead atoms. The van der Waals surface area contributed by atoms with Gasteiger partial charge in [-0.15, -0.1) is 0 Å². The van der Waals surface area contributed by atoms with Crippen molar-refractivity contribution in [3.05, 3.63) is 35.9 Å². The first-order valence-electron chi connectivity index (χ1n) is 5.15. The summed E-state index contributed by atoms with van der Waals surface area (Å²) in [5, 5.41) is 7.57. The summed E-state index contributed by atoms with van der Waals surface area (Å²) in [5.74, 6) is 0. The van der Waals surface area contributed by atoms with Crippen molar-refractivity contribution in [1.82, 2.24) is 0 Å². The minimum absolute atomic E-state index is 0.250. The molecule has 0 aliphatic rings. The smallest absolute Gasteiger partial charge is 0.142 e. The number of hydrogen-bond donors (Lipinski definition) is 1. The number of allylic oxidation sites excluding steroid dienone is 1. The molecule has 0 radical (unpaired) electrons. The number of benzene rings is 1. The molecule has 0 atom stereocenters. The van der Waals surface area contributed by atoms with Crippen molar-refractivity contribution in [1.29, 1.82) is 0 Å². The molecule has 0 saturated carbocycles. The molecule has 1 aromatic carbocycles. The van der Waals surface area contributed by atoms with Crippen LogP contribution in [0.2, 0.25) is 0 Å². The molecule has 0 fully saturated rings. The van der Waals surface area contributed by atoms with Gasteiger partial charge in [0.1, 0.15) is 6.29 Å². The fourth-order valence-corrected chi connectivity index (χ4v) is 1.03. The third kappa shape index (κ3) is 5.98. The Hall–Kier alpha value is -1.61. The highest BCUT2D eigenvalue weighted by Gasteiger charge is 1.92. The van der Waals surface area contributed by atoms with Gasteiger partial charge in [-0.3, -0.25) is 4.79 Å². The molecule has 1 N–H and O–H groups in total. The van der Waals surface area contributed by atoms with Crippen LogP contribution in [0.15, 0.2) is 30.3 Å². The maximum Gasteiger partial charge on any atom is 0.142 e. The Balaban J connectivity index is 0.000000673. The maximum atomic E-state index is 10.1. The summed E-state index contributed by atoms with van der Waals surface area (Å²) in [6, 6.07) is 8.00. The number of hydrogen-bond acceptors (Lipinski definition) is 3. The van der Waals surface area contributed by atoms with E-state index in [1.807, 2.05) is 43.3 Å². The Morgan fingerprint density at radius 3 is 2.12 bits per heavy atom. The summed E-state index contributed by atoms with van der Waals surface area (Å²) in [4.78, 5) is 12.1. The fraction of sp³-hybridized carbons (Fsp3) is 0.308. The van der Waals surface area contributed by atoms with Crippen molar-refractivity contribution in [3.8, 4) is 0 Å². The fourth-order valence-electron chi connectivity index (χ4n) is 1.03. The van der Waals surface area contributed by atoms with E-state index in [4.69, 9.17) is 5.11 Å². The molecule has 1 rings (SSSR count). The van der Waals surface area contributed by atoms with E-state index in [2.05, 4.69) is 0 Å². The van der Waals surface area contributed by atoms with Gasteiger partial charge in [0.25, 0.3) is 0 Å². The third-order valence-electron chi connectivity index (χ3n) is 1.78. The molecule has 0 spiro atoms. The highest BCUT2D eigenvalue weighted by molar-refractivity contribution is 5.74. The first-order chi connectivity index (χ1) is 7.65. The molecule has 0 aromatic heterocycles. The molecule has 0 unspecified atom stereocenters. The SMILES string of the molecule is CCO.CN(C)c1ccc(C=CC=O)cc1. The minimum atomic E-state index is 0.250. The minimum Gasteiger partial charge on any atom is -0.397 e. The van der Waals surface area contributed by atoms with Crippen LogP contribution in [0.5, 0.6) is 0 Å². The average molecular weight is 221 g/mol. The second-order valence-electron chi connectivity index (χ2n) is 3.30. The lowest BCUT2D eigenvalue weighted by Gasteiger charge is -2.11. The lowest BCUT2D eigenvalue weighted by molar-refractivity contribution is -0.104. The highest BCUT2D eigenvalue weighted by Crippen LogP contribution is 2.12. The van der Waals surface area contributed by atoms with Crippen LogP contribution in [0.25, 0.3) is 6.08 Å². The number of aliphatic hydroxyl groups is 1. The third-order valence-corrected chi connectivity index (χ3v) is 1.78. The number of anilines is 1. The molecule has 0 amide bonds. The molecule has 3 heteroatoms. The average Bonchev–Trinajstić information content (AvgIpc) is 2.28. The Labute approximate surface area is 97.0 Å². The van der Waals surface area contributed by atoms with Crippen molar-refractivity contribution in [2.24, 2.45) is 0 Å². The van der Waals surface area contributed by atoms with E-state index in [0.29, 0.717) is 0 Å². The molecule has 16 heavy (non-hydrogen) atoms. The van der Waals surface area contributed by atoms with Crippen LogP contribution >= 0.6 is 0 Å². The zero-order chi connectivity index (χ0) is 12.4. The molecule has 88 valence electrons. The molecule has 0 aliphatic heterocycles. The summed E-state index contributed by atoms with van der Waals surface area (Å²) < 4.78 is 0. The number of aliphatic hydroxyl groups excluding tert-OH is 1. The van der Waals surface area contributed by atoms with Gasteiger partial charge < -0.3 is 10.0 Å². The van der Waals surface area contributed by atoms with Crippen LogP contribution in [-0.2, 0) is 4.79 Å². The Bertz CT molecular complexity index is 315. The van der Waals surface area contributed by atoms with Crippen LogP contribution in [0.4, 0.5) is 5.69 Å². The summed E-state index contributed by atoms with van der Waals surface area (Å²) >= 11 is 0. The quantitative estimate of drug-likeness (QED) is 0.626. The molecular formula is C13H19NO2. The van der Waals surface area contributed by atoms with Gasteiger partial charge in [0, 0.05) is 26.4 Å². The topological polar surface area (TPSA) is 40.5 Å². The Morgan fingerprint density at radius 1 is 1.25 bits per heavy atom. The van der Waals surface area contributed by atoms with Crippen LogP contribution in [0.3, 0.4) is 0 Å². The highest BCUT2D eigenvalue weighted by atomic mass is 16.2. The van der Waals surface area contributed by atoms with E-state index in [1.165, 1.54) is 6.08 Å². The lowest BCUT2D eigenvalue weighted by atomic mass is 10.2. The lowest BCUT2D eigenvalue weighted by Crippen LogP contribution is -2.07. The van der Waals surface area contributed by atoms with Gasteiger partial charge in [0.2, 0.25) is 0 Å². The van der Waals surface area contributed by atoms with Crippen molar-refractivity contribution in [2.75, 3.05) is 25.6 Å². The molecule has 3 nitrogen and oxygen atoms in total. The predicted octanol–water partition coefficient (Wildman–Crippen LogP) is 1.96. The molecular weight excluding hydrogens is 202 g/mol. The number of nitrogens with zero attached hydrogens (tertiary/aromatic N) is 1. The van der Waals surface area contributed by atoms with Crippen LogP contribution < -0.4 is 4.90 Å². The zero-order valence-electron chi connectivity index (χ0n) is 10.1. The molecule has 0 saturated heterocycles.